The number of hydrogen-bond acceptors (Lipinski definition) is 1. The molecule has 0 amide bonds. The van der Waals surface area contributed by atoms with Gasteiger partial charge in [0.15, 0.2) is 0 Å². The Morgan fingerprint density at radius 2 is 1.17 bits per heavy atom. The minimum absolute atomic E-state index is 0. The van der Waals surface area contributed by atoms with Crippen LogP contribution in [0.25, 0.3) is 28.9 Å². The molecule has 0 N–H and O–H groups in total. The van der Waals surface area contributed by atoms with Crippen LogP contribution < -0.4 is 0 Å². The minimum Gasteiger partial charge on any atom is -0.375 e. The molecule has 0 spiro atoms. The van der Waals surface area contributed by atoms with E-state index in [0.717, 1.165) is 27.8 Å². The van der Waals surface area contributed by atoms with Crippen molar-refractivity contribution in [2.45, 2.75) is 38.8 Å². The summed E-state index contributed by atoms with van der Waals surface area (Å²) in [4.78, 5) is 0. The molecule has 2 aliphatic rings. The van der Waals surface area contributed by atoms with Gasteiger partial charge >= 0.3 is 30.6 Å². The van der Waals surface area contributed by atoms with Crippen LogP contribution >= 0.6 is 0 Å². The Bertz CT molecular complexity index is 1820. The molecule has 0 heterocycles. The number of nitrogens with zero attached hydrogens (tertiary/aromatic N) is 1. The second kappa shape index (κ2) is 16.2. The average Bonchev–Trinajstić information content (AvgIpc) is 3.42. The SMILES string of the molecule is C(C=Cc1ccccc1)=Cc1ccccc1.CN([Si](=O)CC1=CC2=C(C1)c1ccccc1C(=C(F)F)c1ccccc12)C(C)(C)C.[Ti+2]. The molecule has 2 nitrogen and oxygen atoms in total. The predicted octanol–water partition coefficient (Wildman–Crippen LogP) is 11.0. The Morgan fingerprint density at radius 1 is 0.723 bits per heavy atom. The quantitative estimate of drug-likeness (QED) is 0.150. The van der Waals surface area contributed by atoms with Gasteiger partial charge in [-0.15, -0.1) is 0 Å². The molecule has 2 aliphatic carbocycles. The van der Waals surface area contributed by atoms with Gasteiger partial charge in [0.25, 0.3) is 6.08 Å². The first-order valence-electron chi connectivity index (χ1n) is 15.5. The van der Waals surface area contributed by atoms with Crippen LogP contribution in [0.1, 0.15) is 60.6 Å². The Hall–Kier alpha value is -4.03. The molecule has 0 bridgehead atoms. The number of rotatable bonds is 6. The zero-order valence-electron chi connectivity index (χ0n) is 27.3. The molecule has 0 unspecified atom stereocenters. The standard InChI is InChI=1S/C25H25F2NOSi.C16H14.Ti/c1-25(2,3)28(4)30(29)15-16-13-21-17-9-5-7-11-19(17)23(24(26)27)20-12-8-6-10-18(20)22(21)14-16;1-3-9-15(10-4-1)13-7-8-14-16-11-5-2-6-12-16;/h5-13H,14-15H2,1-4H3;1-14H;/q;;+2. The van der Waals surface area contributed by atoms with E-state index in [1.165, 1.54) is 11.1 Å². The van der Waals surface area contributed by atoms with Crippen LogP contribution in [0.15, 0.2) is 139 Å². The van der Waals surface area contributed by atoms with E-state index in [1.54, 1.807) is 24.3 Å². The van der Waals surface area contributed by atoms with Crippen LogP contribution in [0.5, 0.6) is 0 Å². The van der Waals surface area contributed by atoms with E-state index in [9.17, 15) is 13.2 Å². The largest absolute Gasteiger partial charge is 2.00 e. The summed E-state index contributed by atoms with van der Waals surface area (Å²) < 4.78 is 43.1. The third-order valence-electron chi connectivity index (χ3n) is 8.32. The van der Waals surface area contributed by atoms with Crippen molar-refractivity contribution in [3.8, 4) is 0 Å². The van der Waals surface area contributed by atoms with Crippen molar-refractivity contribution in [3.05, 3.63) is 172 Å². The van der Waals surface area contributed by atoms with E-state index >= 15 is 0 Å². The molecule has 6 heteroatoms. The summed E-state index contributed by atoms with van der Waals surface area (Å²) in [5.74, 6) is 0. The van der Waals surface area contributed by atoms with Gasteiger partial charge in [0.2, 0.25) is 0 Å². The maximum Gasteiger partial charge on any atom is 2.00 e. The molecule has 0 aromatic heterocycles. The molecule has 0 saturated heterocycles. The van der Waals surface area contributed by atoms with Gasteiger partial charge in [-0.05, 0) is 71.7 Å². The topological polar surface area (TPSA) is 20.3 Å². The molecule has 0 aliphatic heterocycles. The Balaban J connectivity index is 0.000000249. The zero-order chi connectivity index (χ0) is 32.7. The van der Waals surface area contributed by atoms with E-state index in [-0.39, 0.29) is 32.8 Å². The first-order valence-corrected chi connectivity index (χ1v) is 17.1. The summed E-state index contributed by atoms with van der Waals surface area (Å²) >= 11 is 0. The number of fused-ring (bicyclic) bond motifs is 4. The maximum atomic E-state index is 14.1. The molecule has 47 heavy (non-hydrogen) atoms. The summed E-state index contributed by atoms with van der Waals surface area (Å²) in [5.41, 5.74) is 8.14. The smallest absolute Gasteiger partial charge is 0.375 e. The Morgan fingerprint density at radius 3 is 1.66 bits per heavy atom. The van der Waals surface area contributed by atoms with Gasteiger partial charge in [-0.1, -0.05) is 145 Å². The van der Waals surface area contributed by atoms with Gasteiger partial charge in [-0.25, -0.2) is 0 Å². The Kier molecular flexibility index (Phi) is 12.3. The van der Waals surface area contributed by atoms with Crippen LogP contribution in [-0.4, -0.2) is 26.0 Å². The fourth-order valence-corrected chi connectivity index (χ4v) is 7.26. The van der Waals surface area contributed by atoms with Gasteiger partial charge in [0, 0.05) is 18.6 Å². The van der Waals surface area contributed by atoms with Gasteiger partial charge in [0.05, 0.1) is 5.57 Å². The van der Waals surface area contributed by atoms with Crippen molar-refractivity contribution >= 4 is 37.7 Å². The minimum atomic E-state index is -1.98. The van der Waals surface area contributed by atoms with Gasteiger partial charge in [-0.2, -0.15) is 8.78 Å². The molecule has 234 valence electrons. The first kappa shape index (κ1) is 35.8. The number of halogens is 2. The van der Waals surface area contributed by atoms with E-state index < -0.39 is 14.9 Å². The van der Waals surface area contributed by atoms with Crippen LogP contribution in [0.4, 0.5) is 8.78 Å². The number of benzene rings is 4. The summed E-state index contributed by atoms with van der Waals surface area (Å²) in [6.45, 7) is 6.16. The predicted molar refractivity (Wildman–Crippen MR) is 190 cm³/mol. The van der Waals surface area contributed by atoms with Gasteiger partial charge in [-0.3, -0.25) is 0 Å². The van der Waals surface area contributed by atoms with Crippen LogP contribution in [0.2, 0.25) is 6.04 Å². The molecule has 0 atom stereocenters. The van der Waals surface area contributed by atoms with Gasteiger partial charge < -0.3 is 9.03 Å². The van der Waals surface area contributed by atoms with E-state index in [2.05, 4.69) is 75.4 Å². The van der Waals surface area contributed by atoms with Crippen molar-refractivity contribution < 1.29 is 35.0 Å². The maximum absolute atomic E-state index is 14.1. The van der Waals surface area contributed by atoms with E-state index in [4.69, 9.17) is 0 Å². The average molecular weight is 676 g/mol. The van der Waals surface area contributed by atoms with Gasteiger partial charge in [0.1, 0.15) is 0 Å². The van der Waals surface area contributed by atoms with E-state index in [0.29, 0.717) is 23.6 Å². The van der Waals surface area contributed by atoms with Crippen molar-refractivity contribution in [2.75, 3.05) is 7.05 Å². The number of hydrogen-bond donors (Lipinski definition) is 0. The molecule has 4 aromatic rings. The molecular formula is C41H39F2NOSiTi+2. The molecule has 0 fully saturated rings. The fourth-order valence-electron chi connectivity index (χ4n) is 5.66. The summed E-state index contributed by atoms with van der Waals surface area (Å²) in [6, 6.07) is 35.8. The molecular weight excluding hydrogens is 636 g/mol. The third kappa shape index (κ3) is 8.87. The summed E-state index contributed by atoms with van der Waals surface area (Å²) in [6.07, 6.45) is 9.35. The fraction of sp³-hybridized carbons (Fsp3) is 0.171. The van der Waals surface area contributed by atoms with Crippen LogP contribution in [0, 0.1) is 0 Å². The molecule has 0 saturated carbocycles. The second-order valence-corrected chi connectivity index (χ2v) is 14.2. The van der Waals surface area contributed by atoms with Crippen molar-refractivity contribution in [2.24, 2.45) is 0 Å². The third-order valence-corrected chi connectivity index (χ3v) is 10.5. The number of allylic oxidation sites excluding steroid dienone is 6. The van der Waals surface area contributed by atoms with Crippen LogP contribution in [0.3, 0.4) is 0 Å². The summed E-state index contributed by atoms with van der Waals surface area (Å²) in [7, 11) is -0.0734. The van der Waals surface area contributed by atoms with Crippen molar-refractivity contribution in [1.82, 2.24) is 4.57 Å². The Labute approximate surface area is 294 Å². The monoisotopic (exact) mass is 675 g/mol. The second-order valence-electron chi connectivity index (χ2n) is 12.4. The molecule has 4 aromatic carbocycles. The van der Waals surface area contributed by atoms with Crippen molar-refractivity contribution in [3.63, 3.8) is 0 Å². The van der Waals surface area contributed by atoms with Crippen LogP contribution in [-0.2, 0) is 26.2 Å². The molecule has 0 radical (unpaired) electrons. The first-order chi connectivity index (χ1) is 22.1. The summed E-state index contributed by atoms with van der Waals surface area (Å²) in [5, 5.41) is 0. The van der Waals surface area contributed by atoms with Crippen molar-refractivity contribution in [1.29, 1.82) is 0 Å². The van der Waals surface area contributed by atoms with E-state index in [1.807, 2.05) is 72.3 Å². The zero-order valence-corrected chi connectivity index (χ0v) is 29.9. The molecule has 6 rings (SSSR count). The normalized spacial score (nSPS) is 13.5.